The molecule has 0 spiro atoms. The molecule has 3 rings (SSSR count). The van der Waals surface area contributed by atoms with Gasteiger partial charge in [0, 0.05) is 45.8 Å². The Balaban J connectivity index is 1.62. The van der Waals surface area contributed by atoms with Gasteiger partial charge in [-0.25, -0.2) is 9.07 Å². The highest BCUT2D eigenvalue weighted by Crippen LogP contribution is 2.11. The molecule has 7 heteroatoms. The lowest BCUT2D eigenvalue weighted by molar-refractivity contribution is 0.0752. The van der Waals surface area contributed by atoms with E-state index in [1.165, 1.54) is 36.0 Å². The molecule has 1 aromatic carbocycles. The first-order valence-corrected chi connectivity index (χ1v) is 8.33. The van der Waals surface area contributed by atoms with Crippen molar-refractivity contribution in [2.75, 3.05) is 26.2 Å². The number of amides is 1. The molecule has 0 N–H and O–H groups in total. The maximum absolute atomic E-state index is 13.0. The second-order valence-corrected chi connectivity index (χ2v) is 6.23. The molecule has 0 unspecified atom stereocenters. The van der Waals surface area contributed by atoms with Gasteiger partial charge >= 0.3 is 0 Å². The Bertz CT molecular complexity index is 803. The van der Waals surface area contributed by atoms with Crippen LogP contribution in [0.1, 0.15) is 22.5 Å². The van der Waals surface area contributed by atoms with E-state index in [-0.39, 0.29) is 23.0 Å². The highest BCUT2D eigenvalue weighted by molar-refractivity contribution is 5.92. The van der Waals surface area contributed by atoms with Gasteiger partial charge in [-0.1, -0.05) is 12.1 Å². The van der Waals surface area contributed by atoms with Crippen LogP contribution >= 0.6 is 0 Å². The molecule has 0 radical (unpaired) electrons. The van der Waals surface area contributed by atoms with Crippen LogP contribution in [0.4, 0.5) is 4.39 Å². The van der Waals surface area contributed by atoms with E-state index in [4.69, 9.17) is 0 Å². The lowest BCUT2D eigenvalue weighted by Gasteiger charge is -2.22. The molecule has 1 saturated heterocycles. The maximum atomic E-state index is 13.0. The molecular weight excluding hydrogens is 323 g/mol. The molecular formula is C18H21FN4O2. The summed E-state index contributed by atoms with van der Waals surface area (Å²) in [4.78, 5) is 28.0. The molecule has 2 heterocycles. The van der Waals surface area contributed by atoms with Crippen molar-refractivity contribution in [1.82, 2.24) is 19.6 Å². The summed E-state index contributed by atoms with van der Waals surface area (Å²) in [5, 5.41) is 4.04. The van der Waals surface area contributed by atoms with Crippen molar-refractivity contribution in [3.8, 4) is 0 Å². The number of carbonyl (C=O) groups is 1. The number of aromatic nitrogens is 2. The van der Waals surface area contributed by atoms with E-state index in [1.807, 2.05) is 0 Å². The highest BCUT2D eigenvalue weighted by Gasteiger charge is 2.21. The summed E-state index contributed by atoms with van der Waals surface area (Å²) in [7, 11) is 1.53. The van der Waals surface area contributed by atoms with Crippen molar-refractivity contribution in [3.63, 3.8) is 0 Å². The molecule has 0 saturated carbocycles. The van der Waals surface area contributed by atoms with Crippen molar-refractivity contribution in [1.29, 1.82) is 0 Å². The number of carbonyl (C=O) groups excluding carboxylic acids is 1. The van der Waals surface area contributed by atoms with E-state index in [9.17, 15) is 14.0 Å². The minimum absolute atomic E-state index is 0.153. The first-order chi connectivity index (χ1) is 12.0. The van der Waals surface area contributed by atoms with Crippen molar-refractivity contribution >= 4 is 5.91 Å². The van der Waals surface area contributed by atoms with E-state index in [1.54, 1.807) is 17.0 Å². The number of benzene rings is 1. The van der Waals surface area contributed by atoms with Crippen LogP contribution in [0.15, 0.2) is 41.2 Å². The first kappa shape index (κ1) is 17.3. The fraction of sp³-hybridized carbons (Fsp3) is 0.389. The predicted molar refractivity (Wildman–Crippen MR) is 91.7 cm³/mol. The van der Waals surface area contributed by atoms with E-state index >= 15 is 0 Å². The number of aryl methyl sites for hydroxylation is 1. The van der Waals surface area contributed by atoms with E-state index in [0.717, 1.165) is 31.6 Å². The zero-order valence-electron chi connectivity index (χ0n) is 14.2. The average molecular weight is 344 g/mol. The van der Waals surface area contributed by atoms with E-state index < -0.39 is 0 Å². The molecule has 1 amide bonds. The van der Waals surface area contributed by atoms with Crippen LogP contribution in [-0.4, -0.2) is 51.7 Å². The van der Waals surface area contributed by atoms with Crippen molar-refractivity contribution in [2.45, 2.75) is 13.0 Å². The van der Waals surface area contributed by atoms with Gasteiger partial charge in [0.15, 0.2) is 0 Å². The second-order valence-electron chi connectivity index (χ2n) is 6.23. The Kier molecular flexibility index (Phi) is 5.23. The summed E-state index contributed by atoms with van der Waals surface area (Å²) in [5.41, 5.74) is 1.10. The van der Waals surface area contributed by atoms with Gasteiger partial charge in [-0.05, 0) is 30.2 Å². The van der Waals surface area contributed by atoms with Crippen LogP contribution in [0.3, 0.4) is 0 Å². The van der Waals surface area contributed by atoms with Gasteiger partial charge in [-0.15, -0.1) is 0 Å². The van der Waals surface area contributed by atoms with Gasteiger partial charge in [-0.3, -0.25) is 14.5 Å². The maximum Gasteiger partial charge on any atom is 0.274 e. The minimum Gasteiger partial charge on any atom is -0.336 e. The van der Waals surface area contributed by atoms with Gasteiger partial charge in [0.1, 0.15) is 11.5 Å². The lowest BCUT2D eigenvalue weighted by Crippen LogP contribution is -2.36. The Morgan fingerprint density at radius 1 is 1.08 bits per heavy atom. The van der Waals surface area contributed by atoms with Crippen molar-refractivity contribution in [2.24, 2.45) is 7.05 Å². The van der Waals surface area contributed by atoms with E-state index in [2.05, 4.69) is 10.00 Å². The molecule has 0 aliphatic carbocycles. The predicted octanol–water partition coefficient (Wildman–Crippen LogP) is 1.27. The summed E-state index contributed by atoms with van der Waals surface area (Å²) >= 11 is 0. The Hall–Kier alpha value is -2.54. The van der Waals surface area contributed by atoms with E-state index in [0.29, 0.717) is 13.1 Å². The summed E-state index contributed by atoms with van der Waals surface area (Å²) in [6.45, 7) is 3.62. The molecule has 1 aliphatic heterocycles. The average Bonchev–Trinajstić information content (AvgIpc) is 2.84. The third-order valence-corrected chi connectivity index (χ3v) is 4.37. The fourth-order valence-corrected chi connectivity index (χ4v) is 2.96. The van der Waals surface area contributed by atoms with Gasteiger partial charge in [-0.2, -0.15) is 5.10 Å². The smallest absolute Gasteiger partial charge is 0.274 e. The topological polar surface area (TPSA) is 58.4 Å². The Labute approximate surface area is 145 Å². The summed E-state index contributed by atoms with van der Waals surface area (Å²) < 4.78 is 14.2. The third-order valence-electron chi connectivity index (χ3n) is 4.37. The minimum atomic E-state index is -0.238. The number of hydrogen-bond donors (Lipinski definition) is 0. The Morgan fingerprint density at radius 2 is 1.84 bits per heavy atom. The zero-order chi connectivity index (χ0) is 17.8. The largest absolute Gasteiger partial charge is 0.336 e. The molecule has 1 fully saturated rings. The number of hydrogen-bond acceptors (Lipinski definition) is 4. The standard InChI is InChI=1S/C18H21FN4O2/c1-21-17(24)8-7-16(20-21)18(25)23-10-2-9-22(11-12-23)13-14-3-5-15(19)6-4-14/h3-8H,2,9-13H2,1H3. The normalized spacial score (nSPS) is 15.8. The van der Waals surface area contributed by atoms with Crippen LogP contribution in [0.5, 0.6) is 0 Å². The zero-order valence-corrected chi connectivity index (χ0v) is 14.2. The van der Waals surface area contributed by atoms with Gasteiger partial charge in [0.2, 0.25) is 0 Å². The molecule has 0 atom stereocenters. The van der Waals surface area contributed by atoms with Gasteiger partial charge < -0.3 is 4.90 Å². The Morgan fingerprint density at radius 3 is 2.56 bits per heavy atom. The molecule has 0 bridgehead atoms. The summed E-state index contributed by atoms with van der Waals surface area (Å²) in [6.07, 6.45) is 0.860. The molecule has 25 heavy (non-hydrogen) atoms. The van der Waals surface area contributed by atoms with Crippen molar-refractivity contribution in [3.05, 3.63) is 63.8 Å². The van der Waals surface area contributed by atoms with Gasteiger partial charge in [0.25, 0.3) is 11.5 Å². The molecule has 1 aromatic heterocycles. The molecule has 1 aliphatic rings. The lowest BCUT2D eigenvalue weighted by atomic mass is 10.2. The number of halogens is 1. The van der Waals surface area contributed by atoms with Crippen molar-refractivity contribution < 1.29 is 9.18 Å². The molecule has 2 aromatic rings. The van der Waals surface area contributed by atoms with Crippen LogP contribution in [0, 0.1) is 5.82 Å². The third kappa shape index (κ3) is 4.30. The molecule has 132 valence electrons. The number of nitrogens with zero attached hydrogens (tertiary/aromatic N) is 4. The number of rotatable bonds is 3. The van der Waals surface area contributed by atoms with Crippen LogP contribution < -0.4 is 5.56 Å². The van der Waals surface area contributed by atoms with Gasteiger partial charge in [0.05, 0.1) is 0 Å². The van der Waals surface area contributed by atoms with Crippen LogP contribution in [-0.2, 0) is 13.6 Å². The first-order valence-electron chi connectivity index (χ1n) is 8.33. The highest BCUT2D eigenvalue weighted by atomic mass is 19.1. The fourth-order valence-electron chi connectivity index (χ4n) is 2.96. The summed E-state index contributed by atoms with van der Waals surface area (Å²) in [6, 6.07) is 9.35. The molecule has 6 nitrogen and oxygen atoms in total. The van der Waals surface area contributed by atoms with Crippen LogP contribution in [0.2, 0.25) is 0 Å². The summed E-state index contributed by atoms with van der Waals surface area (Å²) in [5.74, 6) is -0.389. The monoisotopic (exact) mass is 344 g/mol. The SMILES string of the molecule is Cn1nc(C(=O)N2CCCN(Cc3ccc(F)cc3)CC2)ccc1=O. The van der Waals surface area contributed by atoms with Crippen LogP contribution in [0.25, 0.3) is 0 Å². The quantitative estimate of drug-likeness (QED) is 0.841. The second kappa shape index (κ2) is 7.57.